The first-order valence-electron chi connectivity index (χ1n) is 12.9. The van der Waals surface area contributed by atoms with Gasteiger partial charge in [0.2, 0.25) is 0 Å². The molecule has 2 atom stereocenters. The van der Waals surface area contributed by atoms with Crippen LogP contribution in [0.1, 0.15) is 35.3 Å². The molecule has 3 heterocycles. The van der Waals surface area contributed by atoms with Gasteiger partial charge in [-0.25, -0.2) is 9.97 Å². The lowest BCUT2D eigenvalue weighted by atomic mass is 9.99. The zero-order valence-electron chi connectivity index (χ0n) is 21.7. The van der Waals surface area contributed by atoms with Gasteiger partial charge in [-0.05, 0) is 61.2 Å². The van der Waals surface area contributed by atoms with E-state index in [1.165, 1.54) is 6.33 Å². The Balaban J connectivity index is 1.23. The Morgan fingerprint density at radius 2 is 1.84 bits per heavy atom. The van der Waals surface area contributed by atoms with E-state index < -0.39 is 0 Å². The van der Waals surface area contributed by atoms with E-state index in [1.807, 2.05) is 42.2 Å². The first-order chi connectivity index (χ1) is 18.1. The van der Waals surface area contributed by atoms with Crippen molar-refractivity contribution in [2.45, 2.75) is 44.4 Å². The van der Waals surface area contributed by atoms with E-state index in [0.29, 0.717) is 43.3 Å². The SMILES string of the molecule is COc1ccc2cc(Nc3ncnc(C(=O)N4CCC(NC5CCOCC5OC)CC4)c3C)ccc2c1. The number of fused-ring (bicyclic) bond motifs is 1. The summed E-state index contributed by atoms with van der Waals surface area (Å²) in [5, 5.41) is 9.28. The minimum atomic E-state index is -0.0483. The molecule has 9 heteroatoms. The number of methoxy groups -OCH3 is 2. The second-order valence-electron chi connectivity index (χ2n) is 9.73. The molecule has 9 nitrogen and oxygen atoms in total. The first kappa shape index (κ1) is 25.4. The number of anilines is 2. The van der Waals surface area contributed by atoms with E-state index in [0.717, 1.165) is 53.6 Å². The Kier molecular flexibility index (Phi) is 7.83. The van der Waals surface area contributed by atoms with Crippen LogP contribution in [0.2, 0.25) is 0 Å². The molecule has 0 saturated carbocycles. The van der Waals surface area contributed by atoms with Crippen molar-refractivity contribution in [3.8, 4) is 5.75 Å². The Morgan fingerprint density at radius 3 is 2.62 bits per heavy atom. The summed E-state index contributed by atoms with van der Waals surface area (Å²) in [4.78, 5) is 24.1. The normalized spacial score (nSPS) is 20.7. The predicted molar refractivity (Wildman–Crippen MR) is 143 cm³/mol. The lowest BCUT2D eigenvalue weighted by Gasteiger charge is -2.38. The molecule has 0 spiro atoms. The molecular formula is C28H35N5O4. The fraction of sp³-hybridized carbons (Fsp3) is 0.464. The van der Waals surface area contributed by atoms with E-state index in [2.05, 4.69) is 26.7 Å². The van der Waals surface area contributed by atoms with Crippen LogP contribution in [-0.2, 0) is 9.47 Å². The molecule has 2 aromatic carbocycles. The molecule has 2 aliphatic rings. The van der Waals surface area contributed by atoms with E-state index in [9.17, 15) is 4.79 Å². The van der Waals surface area contributed by atoms with Gasteiger partial charge in [-0.15, -0.1) is 0 Å². The molecule has 2 saturated heterocycles. The number of benzene rings is 2. The molecule has 0 aliphatic carbocycles. The molecule has 2 unspecified atom stereocenters. The van der Waals surface area contributed by atoms with Crippen molar-refractivity contribution < 1.29 is 19.0 Å². The minimum Gasteiger partial charge on any atom is -0.497 e. The van der Waals surface area contributed by atoms with Crippen molar-refractivity contribution in [1.82, 2.24) is 20.2 Å². The summed E-state index contributed by atoms with van der Waals surface area (Å²) in [5.41, 5.74) is 2.08. The average molecular weight is 506 g/mol. The van der Waals surface area contributed by atoms with Gasteiger partial charge in [-0.2, -0.15) is 0 Å². The standard InChI is InChI=1S/C28H35N5O4/c1-18-26(28(34)33-11-8-21(9-12-33)31-24-10-13-37-16-25(24)36-3)29-17-30-27(18)32-22-6-4-20-15-23(35-2)7-5-19(20)14-22/h4-7,14-15,17,21,24-25,31H,8-13,16H2,1-3H3,(H,29,30,32). The summed E-state index contributed by atoms with van der Waals surface area (Å²) in [6.07, 6.45) is 4.28. The summed E-state index contributed by atoms with van der Waals surface area (Å²) < 4.78 is 16.4. The summed E-state index contributed by atoms with van der Waals surface area (Å²) in [6.45, 7) is 4.66. The molecule has 2 fully saturated rings. The van der Waals surface area contributed by atoms with Crippen molar-refractivity contribution in [3.05, 3.63) is 54.0 Å². The van der Waals surface area contributed by atoms with Crippen LogP contribution < -0.4 is 15.4 Å². The summed E-state index contributed by atoms with van der Waals surface area (Å²) >= 11 is 0. The highest BCUT2D eigenvalue weighted by Crippen LogP contribution is 2.27. The van der Waals surface area contributed by atoms with Gasteiger partial charge in [0.05, 0.1) is 19.8 Å². The van der Waals surface area contributed by atoms with Crippen molar-refractivity contribution in [2.75, 3.05) is 45.8 Å². The molecule has 1 aromatic heterocycles. The van der Waals surface area contributed by atoms with Crippen LogP contribution in [0, 0.1) is 6.92 Å². The smallest absolute Gasteiger partial charge is 0.272 e. The first-order valence-corrected chi connectivity index (χ1v) is 12.9. The Hall–Kier alpha value is -3.27. The molecular weight excluding hydrogens is 470 g/mol. The maximum absolute atomic E-state index is 13.4. The number of piperidine rings is 1. The van der Waals surface area contributed by atoms with Crippen LogP contribution in [0.25, 0.3) is 10.8 Å². The lowest BCUT2D eigenvalue weighted by molar-refractivity contribution is -0.0533. The number of likely N-dealkylation sites (tertiary alicyclic amines) is 1. The molecule has 196 valence electrons. The average Bonchev–Trinajstić information content (AvgIpc) is 2.94. The molecule has 0 radical (unpaired) electrons. The zero-order valence-corrected chi connectivity index (χ0v) is 21.7. The predicted octanol–water partition coefficient (Wildman–Crippen LogP) is 3.69. The summed E-state index contributed by atoms with van der Waals surface area (Å²) in [6, 6.07) is 12.7. The second-order valence-corrected chi connectivity index (χ2v) is 9.73. The largest absolute Gasteiger partial charge is 0.497 e. The number of nitrogens with zero attached hydrogens (tertiary/aromatic N) is 3. The van der Waals surface area contributed by atoms with Gasteiger partial charge in [0.25, 0.3) is 5.91 Å². The van der Waals surface area contributed by atoms with Gasteiger partial charge in [0.1, 0.15) is 23.6 Å². The zero-order chi connectivity index (χ0) is 25.8. The number of ether oxygens (including phenoxy) is 3. The van der Waals surface area contributed by atoms with E-state index in [4.69, 9.17) is 14.2 Å². The minimum absolute atomic E-state index is 0.0483. The van der Waals surface area contributed by atoms with Gasteiger partial charge in [0.15, 0.2) is 0 Å². The molecule has 5 rings (SSSR count). The Bertz CT molecular complexity index is 1240. The van der Waals surface area contributed by atoms with E-state index in [1.54, 1.807) is 14.2 Å². The summed E-state index contributed by atoms with van der Waals surface area (Å²) in [5.74, 6) is 1.41. The number of amides is 1. The number of nitrogens with one attached hydrogen (secondary N) is 2. The number of aromatic nitrogens is 2. The number of carbonyl (C=O) groups is 1. The fourth-order valence-electron chi connectivity index (χ4n) is 5.19. The second kappa shape index (κ2) is 11.4. The van der Waals surface area contributed by atoms with Crippen molar-refractivity contribution in [1.29, 1.82) is 0 Å². The van der Waals surface area contributed by atoms with Crippen LogP contribution >= 0.6 is 0 Å². The van der Waals surface area contributed by atoms with Crippen LogP contribution in [-0.4, -0.2) is 79.5 Å². The van der Waals surface area contributed by atoms with Gasteiger partial charge in [-0.1, -0.05) is 12.1 Å². The Morgan fingerprint density at radius 1 is 1.05 bits per heavy atom. The van der Waals surface area contributed by atoms with Crippen molar-refractivity contribution in [2.24, 2.45) is 0 Å². The van der Waals surface area contributed by atoms with Crippen molar-refractivity contribution >= 4 is 28.2 Å². The highest BCUT2D eigenvalue weighted by atomic mass is 16.5. The number of rotatable bonds is 7. The molecule has 0 bridgehead atoms. The molecule has 2 aliphatic heterocycles. The van der Waals surface area contributed by atoms with Crippen LogP contribution in [0.4, 0.5) is 11.5 Å². The quantitative estimate of drug-likeness (QED) is 0.502. The monoisotopic (exact) mass is 505 g/mol. The van der Waals surface area contributed by atoms with Crippen LogP contribution in [0.5, 0.6) is 5.75 Å². The maximum atomic E-state index is 13.4. The van der Waals surface area contributed by atoms with Gasteiger partial charge >= 0.3 is 0 Å². The molecule has 37 heavy (non-hydrogen) atoms. The number of hydrogen-bond acceptors (Lipinski definition) is 8. The molecule has 2 N–H and O–H groups in total. The van der Waals surface area contributed by atoms with Crippen molar-refractivity contribution in [3.63, 3.8) is 0 Å². The van der Waals surface area contributed by atoms with E-state index >= 15 is 0 Å². The number of carbonyl (C=O) groups excluding carboxylic acids is 1. The third-order valence-electron chi connectivity index (χ3n) is 7.44. The topological polar surface area (TPSA) is 97.8 Å². The Labute approximate surface area is 217 Å². The third kappa shape index (κ3) is 5.69. The van der Waals surface area contributed by atoms with Gasteiger partial charge < -0.3 is 29.7 Å². The highest BCUT2D eigenvalue weighted by Gasteiger charge is 2.31. The number of hydrogen-bond donors (Lipinski definition) is 2. The molecule has 1 amide bonds. The summed E-state index contributed by atoms with van der Waals surface area (Å²) in [7, 11) is 3.40. The van der Waals surface area contributed by atoms with E-state index in [-0.39, 0.29) is 12.0 Å². The lowest BCUT2D eigenvalue weighted by Crippen LogP contribution is -2.54. The highest BCUT2D eigenvalue weighted by molar-refractivity contribution is 5.95. The van der Waals surface area contributed by atoms with Crippen LogP contribution in [0.3, 0.4) is 0 Å². The molecule has 3 aromatic rings. The fourth-order valence-corrected chi connectivity index (χ4v) is 5.19. The van der Waals surface area contributed by atoms with Gasteiger partial charge in [-0.3, -0.25) is 4.79 Å². The third-order valence-corrected chi connectivity index (χ3v) is 7.44. The van der Waals surface area contributed by atoms with Gasteiger partial charge in [0, 0.05) is 50.1 Å². The van der Waals surface area contributed by atoms with Crippen LogP contribution in [0.15, 0.2) is 42.7 Å². The maximum Gasteiger partial charge on any atom is 0.272 e.